The van der Waals surface area contributed by atoms with Crippen LogP contribution in [0.4, 0.5) is 0 Å². The van der Waals surface area contributed by atoms with E-state index >= 15 is 0 Å². The zero-order valence-electron chi connectivity index (χ0n) is 16.8. The van der Waals surface area contributed by atoms with Crippen molar-refractivity contribution in [3.63, 3.8) is 0 Å². The minimum atomic E-state index is 0.379. The smallest absolute Gasteiger partial charge is 0.00493 e. The fraction of sp³-hybridized carbons (Fsp3) is 0.739. The van der Waals surface area contributed by atoms with Gasteiger partial charge in [-0.3, -0.25) is 0 Å². The van der Waals surface area contributed by atoms with E-state index in [1.807, 2.05) is 0 Å². The van der Waals surface area contributed by atoms with E-state index in [2.05, 4.69) is 74.2 Å². The van der Waals surface area contributed by atoms with Crippen molar-refractivity contribution in [3.8, 4) is 0 Å². The van der Waals surface area contributed by atoms with Crippen molar-refractivity contribution in [2.24, 2.45) is 29.1 Å². The molecule has 2 heterocycles. The molecule has 0 aromatic heterocycles. The van der Waals surface area contributed by atoms with Gasteiger partial charge in [-0.25, -0.2) is 0 Å². The van der Waals surface area contributed by atoms with Crippen LogP contribution in [0, 0.1) is 29.1 Å². The first-order valence-corrected chi connectivity index (χ1v) is 10.5. The molecule has 25 heavy (non-hydrogen) atoms. The van der Waals surface area contributed by atoms with Crippen LogP contribution in [0.25, 0.3) is 0 Å². The molecule has 0 saturated carbocycles. The van der Waals surface area contributed by atoms with Gasteiger partial charge in [0.25, 0.3) is 0 Å². The second-order valence-corrected chi connectivity index (χ2v) is 8.85. The first-order valence-electron chi connectivity index (χ1n) is 10.5. The van der Waals surface area contributed by atoms with Gasteiger partial charge in [0.2, 0.25) is 0 Å². The van der Waals surface area contributed by atoms with E-state index in [-0.39, 0.29) is 0 Å². The zero-order chi connectivity index (χ0) is 17.9. The molecule has 140 valence electrons. The molecule has 0 bridgehead atoms. The van der Waals surface area contributed by atoms with Crippen LogP contribution in [-0.4, -0.2) is 50.1 Å². The number of hydrogen-bond acceptors (Lipinski definition) is 2. The molecule has 2 heteroatoms. The lowest BCUT2D eigenvalue weighted by molar-refractivity contribution is -0.0618. The van der Waals surface area contributed by atoms with Gasteiger partial charge in [-0.05, 0) is 75.5 Å². The quantitative estimate of drug-likeness (QED) is 0.673. The van der Waals surface area contributed by atoms with Crippen molar-refractivity contribution in [2.45, 2.75) is 39.5 Å². The van der Waals surface area contributed by atoms with E-state index in [0.29, 0.717) is 23.2 Å². The van der Waals surface area contributed by atoms with Crippen LogP contribution in [0.2, 0.25) is 0 Å². The van der Waals surface area contributed by atoms with E-state index in [0.717, 1.165) is 5.92 Å². The Labute approximate surface area is 155 Å². The highest BCUT2D eigenvalue weighted by Crippen LogP contribution is 2.54. The molecule has 0 spiro atoms. The van der Waals surface area contributed by atoms with Gasteiger partial charge in [-0.2, -0.15) is 0 Å². The second-order valence-electron chi connectivity index (χ2n) is 8.85. The minimum absolute atomic E-state index is 0.379. The molecule has 2 saturated heterocycles. The van der Waals surface area contributed by atoms with Gasteiger partial charge < -0.3 is 9.80 Å². The van der Waals surface area contributed by atoms with Gasteiger partial charge in [-0.15, -0.1) is 0 Å². The first kappa shape index (κ1) is 18.9. The Morgan fingerprint density at radius 3 is 2.56 bits per heavy atom. The molecule has 3 aliphatic rings. The lowest BCUT2D eigenvalue weighted by Gasteiger charge is -2.58. The number of nitrogens with zero attached hydrogens (tertiary/aromatic N) is 2. The Hall–Kier alpha value is -0.860. The third kappa shape index (κ3) is 3.80. The fourth-order valence-corrected chi connectivity index (χ4v) is 5.82. The third-order valence-electron chi connectivity index (χ3n) is 7.14. The Kier molecular flexibility index (Phi) is 6.22. The Morgan fingerprint density at radius 2 is 1.84 bits per heavy atom. The summed E-state index contributed by atoms with van der Waals surface area (Å²) in [6.45, 7) is 9.77. The van der Waals surface area contributed by atoms with Crippen molar-refractivity contribution in [3.05, 3.63) is 36.5 Å². The molecule has 1 aliphatic carbocycles. The summed E-state index contributed by atoms with van der Waals surface area (Å²) in [5.41, 5.74) is 0.379. The Balaban J connectivity index is 1.95. The summed E-state index contributed by atoms with van der Waals surface area (Å²) in [4.78, 5) is 5.13. The maximum atomic E-state index is 2.62. The van der Waals surface area contributed by atoms with Crippen LogP contribution in [0.3, 0.4) is 0 Å². The maximum Gasteiger partial charge on any atom is 0.00493 e. The van der Waals surface area contributed by atoms with Crippen LogP contribution in [0.1, 0.15) is 39.5 Å². The van der Waals surface area contributed by atoms with Crippen molar-refractivity contribution in [2.75, 3.05) is 40.3 Å². The molecule has 0 N–H and O–H groups in total. The lowest BCUT2D eigenvalue weighted by atomic mass is 9.52. The molecule has 3 rings (SSSR count). The first-order chi connectivity index (χ1) is 12.1. The van der Waals surface area contributed by atoms with Crippen LogP contribution >= 0.6 is 0 Å². The van der Waals surface area contributed by atoms with E-state index < -0.39 is 0 Å². The Bertz CT molecular complexity index is 512. The highest BCUT2D eigenvalue weighted by molar-refractivity contribution is 5.22. The average molecular weight is 343 g/mol. The lowest BCUT2D eigenvalue weighted by Crippen LogP contribution is -2.59. The van der Waals surface area contributed by atoms with Gasteiger partial charge in [0.05, 0.1) is 0 Å². The molecule has 0 amide bonds. The molecule has 0 aromatic carbocycles. The highest BCUT2D eigenvalue weighted by Gasteiger charge is 2.53. The van der Waals surface area contributed by atoms with E-state index in [1.54, 1.807) is 0 Å². The fourth-order valence-electron chi connectivity index (χ4n) is 5.82. The molecular weight excluding hydrogens is 304 g/mol. The number of allylic oxidation sites excluding steroid dienone is 5. The van der Waals surface area contributed by atoms with Crippen molar-refractivity contribution >= 4 is 0 Å². The van der Waals surface area contributed by atoms with Crippen molar-refractivity contribution in [1.29, 1.82) is 0 Å². The summed E-state index contributed by atoms with van der Waals surface area (Å²) in [5, 5.41) is 0. The number of unbranched alkanes of at least 4 members (excludes halogenated alkanes) is 1. The maximum absolute atomic E-state index is 2.62. The Morgan fingerprint density at radius 1 is 1.12 bits per heavy atom. The summed E-state index contributed by atoms with van der Waals surface area (Å²) in [6.07, 6.45) is 19.8. The normalized spacial score (nSPS) is 36.0. The minimum Gasteiger partial charge on any atom is -0.306 e. The molecule has 0 radical (unpaired) electrons. The van der Waals surface area contributed by atoms with Crippen molar-refractivity contribution in [1.82, 2.24) is 9.80 Å². The van der Waals surface area contributed by atoms with E-state index in [1.165, 1.54) is 51.9 Å². The molecule has 2 aliphatic heterocycles. The average Bonchev–Trinajstić information content (AvgIpc) is 2.61. The molecule has 3 unspecified atom stereocenters. The number of piperidine rings is 2. The molecular formula is C23H38N2. The van der Waals surface area contributed by atoms with Crippen LogP contribution in [0.5, 0.6) is 0 Å². The number of rotatable bonds is 5. The van der Waals surface area contributed by atoms with Gasteiger partial charge in [0.15, 0.2) is 0 Å². The standard InChI is InChI=1S/C23H38N2/c1-5-6-7-10-19(2)23(21-13-15-24(3)16-14-21)18-25(4)17-20-11-8-9-12-22(20)23/h7-12,19-22H,5-6,13-18H2,1-4H3/b10-7-/t19?,20?,22?,23-/m0/s1. The summed E-state index contributed by atoms with van der Waals surface area (Å²) in [5.74, 6) is 2.85. The number of likely N-dealkylation sites (tertiary alicyclic amines) is 2. The summed E-state index contributed by atoms with van der Waals surface area (Å²) < 4.78 is 0. The molecule has 0 aromatic rings. The second kappa shape index (κ2) is 8.22. The predicted molar refractivity (Wildman–Crippen MR) is 109 cm³/mol. The monoisotopic (exact) mass is 342 g/mol. The number of fused-ring (bicyclic) bond motifs is 1. The van der Waals surface area contributed by atoms with Crippen LogP contribution < -0.4 is 0 Å². The number of hydrogen-bond donors (Lipinski definition) is 0. The van der Waals surface area contributed by atoms with Gasteiger partial charge in [0, 0.05) is 13.1 Å². The van der Waals surface area contributed by atoms with E-state index in [4.69, 9.17) is 0 Å². The molecule has 2 nitrogen and oxygen atoms in total. The summed E-state index contributed by atoms with van der Waals surface area (Å²) >= 11 is 0. The zero-order valence-corrected chi connectivity index (χ0v) is 16.8. The van der Waals surface area contributed by atoms with Gasteiger partial charge >= 0.3 is 0 Å². The van der Waals surface area contributed by atoms with Crippen LogP contribution in [-0.2, 0) is 0 Å². The summed E-state index contributed by atoms with van der Waals surface area (Å²) in [6, 6.07) is 0. The summed E-state index contributed by atoms with van der Waals surface area (Å²) in [7, 11) is 4.63. The largest absolute Gasteiger partial charge is 0.306 e. The van der Waals surface area contributed by atoms with Gasteiger partial charge in [0.1, 0.15) is 0 Å². The third-order valence-corrected chi connectivity index (χ3v) is 7.14. The predicted octanol–water partition coefficient (Wildman–Crippen LogP) is 4.61. The molecule has 4 atom stereocenters. The van der Waals surface area contributed by atoms with E-state index in [9.17, 15) is 0 Å². The van der Waals surface area contributed by atoms with Gasteiger partial charge in [-0.1, -0.05) is 56.7 Å². The topological polar surface area (TPSA) is 6.48 Å². The van der Waals surface area contributed by atoms with Crippen molar-refractivity contribution < 1.29 is 0 Å². The molecule has 2 fully saturated rings. The SMILES string of the molecule is CCC/C=C\C(C)[C@]1(C2CCN(C)CC2)CN(C)CC2C=CC=CC21. The highest BCUT2D eigenvalue weighted by atomic mass is 15.1. The van der Waals surface area contributed by atoms with Crippen LogP contribution in [0.15, 0.2) is 36.5 Å².